The van der Waals surface area contributed by atoms with Gasteiger partial charge in [-0.15, -0.1) is 10.2 Å². The van der Waals surface area contributed by atoms with Crippen molar-refractivity contribution in [2.45, 2.75) is 31.5 Å². The molecule has 2 aromatic rings. The molecule has 2 aromatic heterocycles. The van der Waals surface area contributed by atoms with Crippen LogP contribution in [0.4, 0.5) is 0 Å². The monoisotopic (exact) mass is 296 g/mol. The van der Waals surface area contributed by atoms with Crippen molar-refractivity contribution in [2.24, 2.45) is 7.05 Å². The minimum Gasteiger partial charge on any atom is -0.416 e. The zero-order chi connectivity index (χ0) is 14.5. The molecule has 2 rings (SSSR count). The zero-order valence-corrected chi connectivity index (χ0v) is 12.3. The lowest BCUT2D eigenvalue weighted by molar-refractivity contribution is -0.119. The first-order valence-electron chi connectivity index (χ1n) is 6.16. The third-order valence-electron chi connectivity index (χ3n) is 2.64. The normalized spacial score (nSPS) is 12.3. The molecule has 2 heterocycles. The molecule has 0 aromatic carbocycles. The van der Waals surface area contributed by atoms with E-state index in [-0.39, 0.29) is 17.7 Å². The summed E-state index contributed by atoms with van der Waals surface area (Å²) in [6.45, 7) is 3.69. The van der Waals surface area contributed by atoms with Crippen LogP contribution in [-0.4, -0.2) is 36.6 Å². The van der Waals surface area contributed by atoms with Crippen LogP contribution in [0.5, 0.6) is 0 Å². The summed E-state index contributed by atoms with van der Waals surface area (Å²) in [4.78, 5) is 16.1. The molecule has 108 valence electrons. The fraction of sp³-hybridized carbons (Fsp3) is 0.545. The largest absolute Gasteiger partial charge is 0.416 e. The molecular weight excluding hydrogens is 280 g/mol. The van der Waals surface area contributed by atoms with E-state index in [0.717, 1.165) is 12.2 Å². The molecule has 0 saturated heterocycles. The third-order valence-corrected chi connectivity index (χ3v) is 3.45. The second kappa shape index (κ2) is 6.51. The highest BCUT2D eigenvalue weighted by Gasteiger charge is 2.17. The maximum Gasteiger partial charge on any atom is 0.277 e. The quantitative estimate of drug-likeness (QED) is 0.789. The summed E-state index contributed by atoms with van der Waals surface area (Å²) >= 11 is 1.21. The van der Waals surface area contributed by atoms with Gasteiger partial charge in [-0.25, -0.2) is 4.98 Å². The maximum atomic E-state index is 11.9. The van der Waals surface area contributed by atoms with Crippen LogP contribution in [0.1, 0.15) is 31.1 Å². The van der Waals surface area contributed by atoms with Crippen LogP contribution < -0.4 is 5.32 Å². The summed E-state index contributed by atoms with van der Waals surface area (Å²) < 4.78 is 6.85. The lowest BCUT2D eigenvalue weighted by Gasteiger charge is -2.15. The predicted octanol–water partition coefficient (Wildman–Crippen LogP) is 0.866. The van der Waals surface area contributed by atoms with Crippen LogP contribution in [0.3, 0.4) is 0 Å². The summed E-state index contributed by atoms with van der Waals surface area (Å²) in [5.41, 5.74) is 0. The minimum absolute atomic E-state index is 0.110. The van der Waals surface area contributed by atoms with Gasteiger partial charge in [-0.1, -0.05) is 18.7 Å². The highest BCUT2D eigenvalue weighted by Crippen LogP contribution is 2.17. The van der Waals surface area contributed by atoms with Crippen molar-refractivity contribution in [1.82, 2.24) is 30.3 Å². The van der Waals surface area contributed by atoms with Gasteiger partial charge in [0.05, 0.1) is 11.8 Å². The van der Waals surface area contributed by atoms with E-state index in [9.17, 15) is 4.79 Å². The summed E-state index contributed by atoms with van der Waals surface area (Å²) in [5.74, 6) is 1.33. The number of hydrogen-bond donors (Lipinski definition) is 1. The molecule has 1 atom stereocenters. The Bertz CT molecular complexity index is 581. The molecule has 1 amide bonds. The number of aromatic nitrogens is 5. The van der Waals surface area contributed by atoms with E-state index >= 15 is 0 Å². The Labute approximate surface area is 120 Å². The van der Waals surface area contributed by atoms with E-state index in [4.69, 9.17) is 4.42 Å². The van der Waals surface area contributed by atoms with Crippen molar-refractivity contribution >= 4 is 17.7 Å². The van der Waals surface area contributed by atoms with Crippen LogP contribution >= 0.6 is 11.8 Å². The lowest BCUT2D eigenvalue weighted by atomic mass is 10.2. The number of nitrogens with zero attached hydrogens (tertiary/aromatic N) is 5. The molecule has 20 heavy (non-hydrogen) atoms. The van der Waals surface area contributed by atoms with Crippen molar-refractivity contribution in [2.75, 3.05) is 5.75 Å². The molecule has 0 bridgehead atoms. The Morgan fingerprint density at radius 1 is 1.55 bits per heavy atom. The van der Waals surface area contributed by atoms with E-state index in [1.54, 1.807) is 18.7 Å². The van der Waals surface area contributed by atoms with Gasteiger partial charge >= 0.3 is 0 Å². The molecule has 0 saturated carbocycles. The molecule has 9 heteroatoms. The minimum atomic E-state index is -0.153. The molecule has 0 aliphatic carbocycles. The van der Waals surface area contributed by atoms with Crippen LogP contribution in [0, 0.1) is 6.92 Å². The average molecular weight is 296 g/mol. The number of carbonyl (C=O) groups is 1. The van der Waals surface area contributed by atoms with Crippen molar-refractivity contribution < 1.29 is 9.21 Å². The van der Waals surface area contributed by atoms with Crippen LogP contribution in [0.2, 0.25) is 0 Å². The van der Waals surface area contributed by atoms with Gasteiger partial charge in [0, 0.05) is 14.0 Å². The summed E-state index contributed by atoms with van der Waals surface area (Å²) in [6, 6.07) is -0.153. The molecule has 0 fully saturated rings. The van der Waals surface area contributed by atoms with Gasteiger partial charge < -0.3 is 9.73 Å². The number of hydrogen-bond acceptors (Lipinski definition) is 7. The van der Waals surface area contributed by atoms with Gasteiger partial charge in [-0.2, -0.15) is 5.10 Å². The Hall–Kier alpha value is -1.90. The molecule has 1 N–H and O–H groups in total. The van der Waals surface area contributed by atoms with Gasteiger partial charge in [0.15, 0.2) is 0 Å². The molecule has 0 radical (unpaired) electrons. The van der Waals surface area contributed by atoms with Crippen LogP contribution in [0.25, 0.3) is 0 Å². The van der Waals surface area contributed by atoms with Crippen molar-refractivity contribution in [3.63, 3.8) is 0 Å². The molecular formula is C11H16N6O2S. The van der Waals surface area contributed by atoms with Crippen molar-refractivity contribution in [1.29, 1.82) is 0 Å². The summed E-state index contributed by atoms with van der Waals surface area (Å²) in [7, 11) is 1.80. The predicted molar refractivity (Wildman–Crippen MR) is 71.9 cm³/mol. The Morgan fingerprint density at radius 2 is 2.35 bits per heavy atom. The fourth-order valence-electron chi connectivity index (χ4n) is 1.67. The molecule has 0 aliphatic rings. The topological polar surface area (TPSA) is 98.7 Å². The highest BCUT2D eigenvalue weighted by molar-refractivity contribution is 7.99. The maximum absolute atomic E-state index is 11.9. The van der Waals surface area contributed by atoms with E-state index in [2.05, 4.69) is 25.6 Å². The second-order valence-corrected chi connectivity index (χ2v) is 5.07. The van der Waals surface area contributed by atoms with E-state index in [1.165, 1.54) is 18.1 Å². The summed E-state index contributed by atoms with van der Waals surface area (Å²) in [5, 5.41) is 14.8. The van der Waals surface area contributed by atoms with Crippen LogP contribution in [-0.2, 0) is 11.8 Å². The number of aryl methyl sites for hydroxylation is 2. The standard InChI is InChI=1S/C11H16N6O2S/c1-4-8(10-12-6-13-17(10)3)14-9(18)5-20-11-16-15-7(2)19-11/h6,8H,4-5H2,1-3H3,(H,14,18)/t8-/m1/s1. The van der Waals surface area contributed by atoms with E-state index < -0.39 is 0 Å². The number of nitrogens with one attached hydrogen (secondary N) is 1. The number of carbonyl (C=O) groups excluding carboxylic acids is 1. The summed E-state index contributed by atoms with van der Waals surface area (Å²) in [6.07, 6.45) is 2.21. The van der Waals surface area contributed by atoms with Gasteiger partial charge in [0.2, 0.25) is 11.8 Å². The third kappa shape index (κ3) is 3.56. The Morgan fingerprint density at radius 3 is 2.90 bits per heavy atom. The number of rotatable bonds is 6. The Balaban J connectivity index is 1.88. The SMILES string of the molecule is CC[C@@H](NC(=O)CSc1nnc(C)o1)c1ncnn1C. The Kier molecular flexibility index (Phi) is 4.72. The van der Waals surface area contributed by atoms with E-state index in [1.807, 2.05) is 6.92 Å². The van der Waals surface area contributed by atoms with Crippen molar-refractivity contribution in [3.05, 3.63) is 18.0 Å². The molecule has 0 aliphatic heterocycles. The lowest BCUT2D eigenvalue weighted by Crippen LogP contribution is -2.31. The second-order valence-electron chi connectivity index (χ2n) is 4.15. The van der Waals surface area contributed by atoms with Crippen molar-refractivity contribution in [3.8, 4) is 0 Å². The van der Waals surface area contributed by atoms with Gasteiger partial charge in [-0.05, 0) is 6.42 Å². The smallest absolute Gasteiger partial charge is 0.277 e. The first-order chi connectivity index (χ1) is 9.60. The fourth-order valence-corrected chi connectivity index (χ4v) is 2.29. The number of amides is 1. The first kappa shape index (κ1) is 14.5. The highest BCUT2D eigenvalue weighted by atomic mass is 32.2. The van der Waals surface area contributed by atoms with Gasteiger partial charge in [-0.3, -0.25) is 9.48 Å². The van der Waals surface area contributed by atoms with Crippen LogP contribution in [0.15, 0.2) is 16.0 Å². The molecule has 0 unspecified atom stereocenters. The molecule has 8 nitrogen and oxygen atoms in total. The zero-order valence-electron chi connectivity index (χ0n) is 11.5. The molecule has 0 spiro atoms. The van der Waals surface area contributed by atoms with Gasteiger partial charge in [0.1, 0.15) is 12.2 Å². The number of thioether (sulfide) groups is 1. The first-order valence-corrected chi connectivity index (χ1v) is 7.15. The van der Waals surface area contributed by atoms with Gasteiger partial charge in [0.25, 0.3) is 5.22 Å². The average Bonchev–Trinajstić information content (AvgIpc) is 3.02. The van der Waals surface area contributed by atoms with E-state index in [0.29, 0.717) is 11.1 Å².